The van der Waals surface area contributed by atoms with Gasteiger partial charge in [-0.2, -0.15) is 0 Å². The van der Waals surface area contributed by atoms with Crippen LogP contribution in [0, 0.1) is 11.3 Å². The van der Waals surface area contributed by atoms with Crippen LogP contribution in [0.5, 0.6) is 0 Å². The molecule has 0 aliphatic carbocycles. The zero-order valence-electron chi connectivity index (χ0n) is 11.9. The SMILES string of the molecule is CSc1sc(C(=N)N)cc1-c1nc(CCC(C)C)cs1. The van der Waals surface area contributed by atoms with Crippen LogP contribution in [-0.4, -0.2) is 17.1 Å². The third-order valence-corrected chi connectivity index (χ3v) is 6.14. The second-order valence-electron chi connectivity index (χ2n) is 5.01. The van der Waals surface area contributed by atoms with Crippen molar-refractivity contribution in [3.63, 3.8) is 0 Å². The quantitative estimate of drug-likeness (QED) is 0.468. The lowest BCUT2D eigenvalue weighted by Crippen LogP contribution is -2.08. The van der Waals surface area contributed by atoms with Gasteiger partial charge in [0.15, 0.2) is 0 Å². The van der Waals surface area contributed by atoms with Gasteiger partial charge in [0.25, 0.3) is 0 Å². The summed E-state index contributed by atoms with van der Waals surface area (Å²) in [6.45, 7) is 4.47. The predicted molar refractivity (Wildman–Crippen MR) is 91.4 cm³/mol. The van der Waals surface area contributed by atoms with Crippen LogP contribution in [0.4, 0.5) is 0 Å². The minimum Gasteiger partial charge on any atom is -0.383 e. The molecule has 3 nitrogen and oxygen atoms in total. The first-order valence-electron chi connectivity index (χ1n) is 6.48. The fourth-order valence-corrected chi connectivity index (χ4v) is 4.53. The summed E-state index contributed by atoms with van der Waals surface area (Å²) in [6, 6.07) is 1.99. The lowest BCUT2D eigenvalue weighted by molar-refractivity contribution is 0.582. The number of aryl methyl sites for hydroxylation is 1. The molecule has 2 aromatic heterocycles. The minimum absolute atomic E-state index is 0.133. The third kappa shape index (κ3) is 3.62. The number of amidine groups is 1. The van der Waals surface area contributed by atoms with Gasteiger partial charge in [0.05, 0.1) is 14.8 Å². The van der Waals surface area contributed by atoms with Gasteiger partial charge >= 0.3 is 0 Å². The van der Waals surface area contributed by atoms with Crippen molar-refractivity contribution in [2.45, 2.75) is 30.9 Å². The van der Waals surface area contributed by atoms with Crippen molar-refractivity contribution in [1.29, 1.82) is 5.41 Å². The van der Waals surface area contributed by atoms with E-state index in [1.165, 1.54) is 16.3 Å². The lowest BCUT2D eigenvalue weighted by atomic mass is 10.1. The molecule has 2 rings (SSSR count). The van der Waals surface area contributed by atoms with E-state index in [4.69, 9.17) is 16.1 Å². The number of nitrogens with one attached hydrogen (secondary N) is 1. The van der Waals surface area contributed by atoms with E-state index in [2.05, 4.69) is 19.2 Å². The van der Waals surface area contributed by atoms with Gasteiger partial charge < -0.3 is 5.73 Å². The Balaban J connectivity index is 2.25. The van der Waals surface area contributed by atoms with E-state index in [1.807, 2.05) is 12.3 Å². The molecule has 20 heavy (non-hydrogen) atoms. The first kappa shape index (κ1) is 15.5. The highest BCUT2D eigenvalue weighted by Gasteiger charge is 2.15. The van der Waals surface area contributed by atoms with Gasteiger partial charge in [0.2, 0.25) is 0 Å². The number of nitrogens with two attached hydrogens (primary N) is 1. The van der Waals surface area contributed by atoms with Crippen LogP contribution in [0.3, 0.4) is 0 Å². The highest BCUT2D eigenvalue weighted by molar-refractivity contribution is 8.00. The van der Waals surface area contributed by atoms with Crippen LogP contribution in [0.1, 0.15) is 30.8 Å². The smallest absolute Gasteiger partial charge is 0.133 e. The van der Waals surface area contributed by atoms with Crippen LogP contribution < -0.4 is 5.73 Å². The monoisotopic (exact) mass is 325 g/mol. The van der Waals surface area contributed by atoms with Crippen LogP contribution in [0.2, 0.25) is 0 Å². The molecule has 108 valence electrons. The van der Waals surface area contributed by atoms with Gasteiger partial charge in [-0.15, -0.1) is 34.4 Å². The van der Waals surface area contributed by atoms with Crippen LogP contribution in [0.25, 0.3) is 10.6 Å². The predicted octanol–water partition coefficient (Wildman–Crippen LogP) is 4.47. The average Bonchev–Trinajstić information content (AvgIpc) is 3.02. The lowest BCUT2D eigenvalue weighted by Gasteiger charge is -2.00. The van der Waals surface area contributed by atoms with E-state index in [-0.39, 0.29) is 5.84 Å². The van der Waals surface area contributed by atoms with Crippen molar-refractivity contribution in [2.75, 3.05) is 6.26 Å². The van der Waals surface area contributed by atoms with E-state index in [0.717, 1.165) is 21.9 Å². The van der Waals surface area contributed by atoms with Gasteiger partial charge in [-0.3, -0.25) is 5.41 Å². The second-order valence-corrected chi connectivity index (χ2v) is 7.99. The van der Waals surface area contributed by atoms with Crippen molar-refractivity contribution in [3.8, 4) is 10.6 Å². The molecule has 2 heterocycles. The summed E-state index contributed by atoms with van der Waals surface area (Å²) in [4.78, 5) is 5.56. The molecule has 0 spiro atoms. The van der Waals surface area contributed by atoms with E-state index in [0.29, 0.717) is 5.92 Å². The highest BCUT2D eigenvalue weighted by Crippen LogP contribution is 2.39. The van der Waals surface area contributed by atoms with Crippen LogP contribution in [-0.2, 0) is 6.42 Å². The van der Waals surface area contributed by atoms with Gasteiger partial charge in [-0.25, -0.2) is 4.98 Å². The van der Waals surface area contributed by atoms with E-state index in [9.17, 15) is 0 Å². The molecule has 0 saturated heterocycles. The number of aromatic nitrogens is 1. The number of nitrogen functional groups attached to an aromatic ring is 1. The Bertz CT molecular complexity index is 599. The Kier molecular flexibility index (Phi) is 5.23. The maximum atomic E-state index is 7.56. The summed E-state index contributed by atoms with van der Waals surface area (Å²) in [5, 5.41) is 10.7. The number of thiophene rings is 1. The summed E-state index contributed by atoms with van der Waals surface area (Å²) in [6.07, 6.45) is 4.25. The molecule has 0 fully saturated rings. The highest BCUT2D eigenvalue weighted by atomic mass is 32.2. The molecular formula is C14H19N3S3. The molecule has 0 aromatic carbocycles. The average molecular weight is 326 g/mol. The molecule has 0 radical (unpaired) electrons. The molecule has 0 aliphatic rings. The normalized spacial score (nSPS) is 11.2. The fraction of sp³-hybridized carbons (Fsp3) is 0.429. The van der Waals surface area contributed by atoms with Crippen molar-refractivity contribution >= 4 is 40.3 Å². The molecule has 3 N–H and O–H groups in total. The minimum atomic E-state index is 0.133. The van der Waals surface area contributed by atoms with Crippen molar-refractivity contribution < 1.29 is 0 Å². The van der Waals surface area contributed by atoms with Gasteiger partial charge in [0.1, 0.15) is 10.8 Å². The Morgan fingerprint density at radius 3 is 2.85 bits per heavy atom. The summed E-state index contributed by atoms with van der Waals surface area (Å²) in [5.41, 5.74) is 7.87. The summed E-state index contributed by atoms with van der Waals surface area (Å²) in [5.74, 6) is 0.834. The zero-order chi connectivity index (χ0) is 14.7. The van der Waals surface area contributed by atoms with E-state index >= 15 is 0 Å². The fourth-order valence-electron chi connectivity index (χ4n) is 1.79. The van der Waals surface area contributed by atoms with E-state index in [1.54, 1.807) is 34.4 Å². The molecule has 0 amide bonds. The van der Waals surface area contributed by atoms with E-state index < -0.39 is 0 Å². The maximum Gasteiger partial charge on any atom is 0.133 e. The molecule has 2 aromatic rings. The maximum absolute atomic E-state index is 7.56. The molecule has 0 saturated carbocycles. The Labute approximate surface area is 132 Å². The van der Waals surface area contributed by atoms with Crippen molar-refractivity contribution in [2.24, 2.45) is 11.7 Å². The van der Waals surface area contributed by atoms with Crippen molar-refractivity contribution in [3.05, 3.63) is 22.0 Å². The number of thioether (sulfide) groups is 1. The Hall–Kier alpha value is -0.850. The third-order valence-electron chi connectivity index (χ3n) is 2.91. The number of nitrogens with zero attached hydrogens (tertiary/aromatic N) is 1. The number of hydrogen-bond donors (Lipinski definition) is 2. The number of hydrogen-bond acceptors (Lipinski definition) is 5. The molecule has 0 unspecified atom stereocenters. The van der Waals surface area contributed by atoms with Gasteiger partial charge in [-0.1, -0.05) is 13.8 Å². The second kappa shape index (κ2) is 6.74. The van der Waals surface area contributed by atoms with Gasteiger partial charge in [0, 0.05) is 10.9 Å². The topological polar surface area (TPSA) is 62.8 Å². The van der Waals surface area contributed by atoms with Crippen LogP contribution >= 0.6 is 34.4 Å². The first-order chi connectivity index (χ1) is 9.51. The largest absolute Gasteiger partial charge is 0.383 e. The van der Waals surface area contributed by atoms with Crippen molar-refractivity contribution in [1.82, 2.24) is 4.98 Å². The molecular weight excluding hydrogens is 306 g/mol. The summed E-state index contributed by atoms with van der Waals surface area (Å²) in [7, 11) is 0. The standard InChI is InChI=1S/C14H19N3S3/c1-8(2)4-5-9-7-19-13(17-9)10-6-11(12(15)16)20-14(10)18-3/h6-8H,4-5H2,1-3H3,(H3,15,16). The number of rotatable bonds is 6. The Morgan fingerprint density at radius 2 is 2.25 bits per heavy atom. The molecule has 0 atom stereocenters. The molecule has 0 bridgehead atoms. The first-order valence-corrected chi connectivity index (χ1v) is 9.40. The number of thiazole rings is 1. The van der Waals surface area contributed by atoms with Gasteiger partial charge in [-0.05, 0) is 31.1 Å². The summed E-state index contributed by atoms with van der Waals surface area (Å²) < 4.78 is 1.18. The van der Waals surface area contributed by atoms with Crippen LogP contribution in [0.15, 0.2) is 15.7 Å². The molecule has 6 heteroatoms. The molecule has 0 aliphatic heterocycles. The zero-order valence-corrected chi connectivity index (χ0v) is 14.3. The summed E-state index contributed by atoms with van der Waals surface area (Å²) >= 11 is 4.94. The Morgan fingerprint density at radius 1 is 1.50 bits per heavy atom.